The third kappa shape index (κ3) is 4.32. The molecule has 0 radical (unpaired) electrons. The SMILES string of the molecule is CC(C)(C)CO[C@H]1CN(C(=O)O)[C@@H](C=O)CO1. The Hall–Kier alpha value is -1.14. The lowest BCUT2D eigenvalue weighted by Crippen LogP contribution is -2.53. The first kappa shape index (κ1) is 13.9. The van der Waals surface area contributed by atoms with Gasteiger partial charge in [-0.15, -0.1) is 0 Å². The minimum Gasteiger partial charge on any atom is -0.465 e. The van der Waals surface area contributed by atoms with E-state index in [0.717, 1.165) is 4.90 Å². The molecule has 6 nitrogen and oxygen atoms in total. The van der Waals surface area contributed by atoms with Crippen LogP contribution in [0.4, 0.5) is 4.79 Å². The molecule has 0 aromatic rings. The predicted octanol–water partition coefficient (Wildman–Crippen LogP) is 0.953. The van der Waals surface area contributed by atoms with Crippen LogP contribution in [0.25, 0.3) is 0 Å². The molecule has 0 aromatic carbocycles. The molecular formula is C11H19NO5. The average Bonchev–Trinajstić information content (AvgIpc) is 2.25. The molecule has 1 amide bonds. The molecular weight excluding hydrogens is 226 g/mol. The third-order valence-electron chi connectivity index (χ3n) is 2.30. The second kappa shape index (κ2) is 5.46. The second-order valence-electron chi connectivity index (χ2n) is 5.27. The Morgan fingerprint density at radius 2 is 2.24 bits per heavy atom. The van der Waals surface area contributed by atoms with Crippen LogP contribution in [-0.4, -0.2) is 54.5 Å². The van der Waals surface area contributed by atoms with Crippen molar-refractivity contribution in [2.45, 2.75) is 33.1 Å². The molecule has 98 valence electrons. The highest BCUT2D eigenvalue weighted by Crippen LogP contribution is 2.17. The number of amides is 1. The molecule has 1 aliphatic rings. The third-order valence-corrected chi connectivity index (χ3v) is 2.30. The van der Waals surface area contributed by atoms with Crippen molar-refractivity contribution in [3.8, 4) is 0 Å². The molecule has 0 aliphatic carbocycles. The quantitative estimate of drug-likeness (QED) is 0.749. The second-order valence-corrected chi connectivity index (χ2v) is 5.27. The number of hydrogen-bond acceptors (Lipinski definition) is 4. The molecule has 1 N–H and O–H groups in total. The van der Waals surface area contributed by atoms with E-state index in [1.807, 2.05) is 20.8 Å². The minimum atomic E-state index is -1.13. The Bertz CT molecular complexity index is 286. The maximum atomic E-state index is 10.9. The minimum absolute atomic E-state index is 0.0150. The van der Waals surface area contributed by atoms with Crippen LogP contribution < -0.4 is 0 Å². The predicted molar refractivity (Wildman–Crippen MR) is 59.7 cm³/mol. The van der Waals surface area contributed by atoms with E-state index in [0.29, 0.717) is 12.9 Å². The van der Waals surface area contributed by atoms with E-state index >= 15 is 0 Å². The Morgan fingerprint density at radius 1 is 1.59 bits per heavy atom. The van der Waals surface area contributed by atoms with Gasteiger partial charge in [-0.1, -0.05) is 20.8 Å². The van der Waals surface area contributed by atoms with Gasteiger partial charge in [-0.3, -0.25) is 4.90 Å². The first-order chi connectivity index (χ1) is 7.83. The summed E-state index contributed by atoms with van der Waals surface area (Å²) in [5.74, 6) is 0. The Balaban J connectivity index is 2.51. The van der Waals surface area contributed by atoms with Gasteiger partial charge >= 0.3 is 6.09 Å². The van der Waals surface area contributed by atoms with E-state index in [4.69, 9.17) is 14.6 Å². The first-order valence-corrected chi connectivity index (χ1v) is 5.51. The van der Waals surface area contributed by atoms with Crippen molar-refractivity contribution in [3.63, 3.8) is 0 Å². The van der Waals surface area contributed by atoms with Crippen molar-refractivity contribution < 1.29 is 24.2 Å². The Morgan fingerprint density at radius 3 is 2.71 bits per heavy atom. The molecule has 0 bridgehead atoms. The summed E-state index contributed by atoms with van der Waals surface area (Å²) in [5, 5.41) is 8.94. The van der Waals surface area contributed by atoms with Crippen LogP contribution in [0.15, 0.2) is 0 Å². The fourth-order valence-electron chi connectivity index (χ4n) is 1.42. The highest BCUT2D eigenvalue weighted by Gasteiger charge is 2.33. The number of morpholine rings is 1. The van der Waals surface area contributed by atoms with Crippen molar-refractivity contribution in [3.05, 3.63) is 0 Å². The fraction of sp³-hybridized carbons (Fsp3) is 0.818. The van der Waals surface area contributed by atoms with Crippen LogP contribution in [0.1, 0.15) is 20.8 Å². The van der Waals surface area contributed by atoms with Crippen LogP contribution in [0.5, 0.6) is 0 Å². The van der Waals surface area contributed by atoms with Crippen LogP contribution in [0, 0.1) is 5.41 Å². The summed E-state index contributed by atoms with van der Waals surface area (Å²) >= 11 is 0. The van der Waals surface area contributed by atoms with Gasteiger partial charge in [-0.05, 0) is 5.41 Å². The first-order valence-electron chi connectivity index (χ1n) is 5.51. The Labute approximate surface area is 100 Å². The maximum absolute atomic E-state index is 10.9. The number of rotatable bonds is 3. The highest BCUT2D eigenvalue weighted by molar-refractivity contribution is 5.72. The molecule has 0 spiro atoms. The highest BCUT2D eigenvalue weighted by atomic mass is 16.7. The van der Waals surface area contributed by atoms with E-state index in [-0.39, 0.29) is 18.6 Å². The van der Waals surface area contributed by atoms with Gasteiger partial charge in [0, 0.05) is 0 Å². The standard InChI is InChI=1S/C11H19NO5/c1-11(2,3)7-17-9-4-12(10(14)15)8(5-13)6-16-9/h5,8-9H,4,6-7H2,1-3H3,(H,14,15)/t8-,9-/m0/s1. The van der Waals surface area contributed by atoms with Crippen molar-refractivity contribution in [1.29, 1.82) is 0 Å². The molecule has 6 heteroatoms. The molecule has 1 heterocycles. The van der Waals surface area contributed by atoms with E-state index in [1.54, 1.807) is 0 Å². The molecule has 17 heavy (non-hydrogen) atoms. The van der Waals surface area contributed by atoms with E-state index in [2.05, 4.69) is 0 Å². The van der Waals surface area contributed by atoms with Gasteiger partial charge in [0.15, 0.2) is 6.29 Å². The lowest BCUT2D eigenvalue weighted by Gasteiger charge is -2.35. The summed E-state index contributed by atoms with van der Waals surface area (Å²) in [7, 11) is 0. The molecule has 1 rings (SSSR count). The van der Waals surface area contributed by atoms with Crippen LogP contribution in [0.3, 0.4) is 0 Å². The summed E-state index contributed by atoms with van der Waals surface area (Å²) in [6, 6.07) is -0.734. The van der Waals surface area contributed by atoms with Gasteiger partial charge in [-0.25, -0.2) is 4.79 Å². The van der Waals surface area contributed by atoms with E-state index < -0.39 is 18.4 Å². The van der Waals surface area contributed by atoms with Gasteiger partial charge in [0.1, 0.15) is 12.3 Å². The summed E-state index contributed by atoms with van der Waals surface area (Å²) < 4.78 is 10.8. The monoisotopic (exact) mass is 245 g/mol. The normalized spacial score (nSPS) is 25.7. The van der Waals surface area contributed by atoms with Crippen molar-refractivity contribution in [1.82, 2.24) is 4.90 Å². The van der Waals surface area contributed by atoms with Gasteiger partial charge in [-0.2, -0.15) is 0 Å². The smallest absolute Gasteiger partial charge is 0.408 e. The molecule has 1 saturated heterocycles. The van der Waals surface area contributed by atoms with Gasteiger partial charge in [0.25, 0.3) is 0 Å². The van der Waals surface area contributed by atoms with Crippen molar-refractivity contribution in [2.75, 3.05) is 19.8 Å². The average molecular weight is 245 g/mol. The van der Waals surface area contributed by atoms with E-state index in [1.165, 1.54) is 0 Å². The molecule has 0 aromatic heterocycles. The number of nitrogens with zero attached hydrogens (tertiary/aromatic N) is 1. The molecule has 1 fully saturated rings. The van der Waals surface area contributed by atoms with Crippen LogP contribution in [-0.2, 0) is 14.3 Å². The topological polar surface area (TPSA) is 76.1 Å². The van der Waals surface area contributed by atoms with Gasteiger partial charge in [0.2, 0.25) is 0 Å². The number of ether oxygens (including phenoxy) is 2. The number of aldehydes is 1. The number of carboxylic acid groups (broad SMARTS) is 1. The molecule has 0 unspecified atom stereocenters. The summed E-state index contributed by atoms with van der Waals surface area (Å²) in [6.07, 6.45) is -1.15. The number of carbonyl (C=O) groups is 2. The molecule has 0 saturated carbocycles. The summed E-state index contributed by atoms with van der Waals surface area (Å²) in [6.45, 7) is 6.62. The summed E-state index contributed by atoms with van der Waals surface area (Å²) in [5.41, 5.74) is -0.0150. The van der Waals surface area contributed by atoms with Crippen LogP contribution >= 0.6 is 0 Å². The van der Waals surface area contributed by atoms with Crippen molar-refractivity contribution in [2.24, 2.45) is 5.41 Å². The largest absolute Gasteiger partial charge is 0.465 e. The summed E-state index contributed by atoms with van der Waals surface area (Å²) in [4.78, 5) is 22.6. The number of hydrogen-bond donors (Lipinski definition) is 1. The lowest BCUT2D eigenvalue weighted by molar-refractivity contribution is -0.196. The zero-order valence-corrected chi connectivity index (χ0v) is 10.4. The van der Waals surface area contributed by atoms with Gasteiger partial charge in [0.05, 0.1) is 19.8 Å². The van der Waals surface area contributed by atoms with E-state index in [9.17, 15) is 9.59 Å². The molecule has 1 aliphatic heterocycles. The Kier molecular flexibility index (Phi) is 4.47. The zero-order valence-electron chi connectivity index (χ0n) is 10.4. The maximum Gasteiger partial charge on any atom is 0.408 e. The van der Waals surface area contributed by atoms with Crippen molar-refractivity contribution >= 4 is 12.4 Å². The fourth-order valence-corrected chi connectivity index (χ4v) is 1.42. The zero-order chi connectivity index (χ0) is 13.1. The lowest BCUT2D eigenvalue weighted by atomic mass is 9.99. The van der Waals surface area contributed by atoms with Gasteiger partial charge < -0.3 is 19.4 Å². The number of carbonyl (C=O) groups excluding carboxylic acids is 1. The van der Waals surface area contributed by atoms with Crippen LogP contribution in [0.2, 0.25) is 0 Å². The molecule has 2 atom stereocenters.